The quantitative estimate of drug-likeness (QED) is 0.396. The van der Waals surface area contributed by atoms with E-state index in [1.165, 1.54) is 25.1 Å². The number of hydrogen-bond acceptors (Lipinski definition) is 4. The number of halogens is 3. The van der Waals surface area contributed by atoms with Crippen LogP contribution < -0.4 is 5.32 Å². The summed E-state index contributed by atoms with van der Waals surface area (Å²) in [6.07, 6.45) is 0.146. The van der Waals surface area contributed by atoms with Gasteiger partial charge in [0.1, 0.15) is 5.54 Å². The Morgan fingerprint density at radius 2 is 1.79 bits per heavy atom. The largest absolute Gasteiger partial charge is 0.480 e. The first kappa shape index (κ1) is 25.1. The molecule has 0 aliphatic heterocycles. The molecule has 0 spiro atoms. The minimum Gasteiger partial charge on any atom is -0.480 e. The smallest absolute Gasteiger partial charge is 0.416 e. The fourth-order valence-electron chi connectivity index (χ4n) is 3.43. The first-order valence-electron chi connectivity index (χ1n) is 10.5. The number of nitrogens with one attached hydrogen (secondary N) is 1. The zero-order chi connectivity index (χ0) is 24.9. The number of aliphatic carboxylic acids is 1. The number of rotatable bonds is 8. The Kier molecular flexibility index (Phi) is 7.54. The van der Waals surface area contributed by atoms with Gasteiger partial charge in [0.05, 0.1) is 17.9 Å². The van der Waals surface area contributed by atoms with Crippen LogP contribution in [-0.4, -0.2) is 33.3 Å². The normalized spacial score (nSPS) is 13.7. The van der Waals surface area contributed by atoms with Gasteiger partial charge in [-0.25, -0.2) is 0 Å². The van der Waals surface area contributed by atoms with Crippen LogP contribution in [0.1, 0.15) is 34.7 Å². The highest BCUT2D eigenvalue weighted by Gasteiger charge is 2.34. The van der Waals surface area contributed by atoms with Crippen molar-refractivity contribution in [3.8, 4) is 11.3 Å². The summed E-state index contributed by atoms with van der Waals surface area (Å²) in [4.78, 5) is 15.7. The van der Waals surface area contributed by atoms with Crippen molar-refractivity contribution >= 4 is 18.1 Å². The van der Waals surface area contributed by atoms with E-state index in [2.05, 4.69) is 10.3 Å². The van der Waals surface area contributed by atoms with E-state index >= 15 is 0 Å². The van der Waals surface area contributed by atoms with Crippen molar-refractivity contribution in [1.82, 2.24) is 10.3 Å². The Morgan fingerprint density at radius 1 is 1.06 bits per heavy atom. The summed E-state index contributed by atoms with van der Waals surface area (Å²) in [7, 11) is 0. The Labute approximate surface area is 195 Å². The van der Waals surface area contributed by atoms with Crippen LogP contribution in [0.3, 0.4) is 0 Å². The van der Waals surface area contributed by atoms with Crippen LogP contribution in [0.2, 0.25) is 0 Å². The van der Waals surface area contributed by atoms with Gasteiger partial charge in [-0.1, -0.05) is 42.5 Å². The predicted octanol–water partition coefficient (Wildman–Crippen LogP) is 5.17. The van der Waals surface area contributed by atoms with Crippen LogP contribution in [0.25, 0.3) is 23.4 Å². The lowest BCUT2D eigenvalue weighted by Crippen LogP contribution is -2.52. The standard InChI is InChI=1S/C26H25F3N2O3/c1-17-19(6-5-7-21(17)23-8-3-4-13-30-23)10-11-20-14-18(9-12-22(20)26(27,28)29)15-31-25(2,16-32)24(33)34/h3-14,31-32H,15-16H2,1-2H3,(H,33,34). The molecule has 0 aliphatic rings. The van der Waals surface area contributed by atoms with Gasteiger partial charge >= 0.3 is 12.1 Å². The topological polar surface area (TPSA) is 82.5 Å². The van der Waals surface area contributed by atoms with E-state index in [4.69, 9.17) is 0 Å². The van der Waals surface area contributed by atoms with Crippen LogP contribution in [0, 0.1) is 6.92 Å². The molecule has 0 aliphatic carbocycles. The van der Waals surface area contributed by atoms with Crippen molar-refractivity contribution in [2.45, 2.75) is 32.1 Å². The van der Waals surface area contributed by atoms with E-state index in [1.54, 1.807) is 12.3 Å². The third-order valence-corrected chi connectivity index (χ3v) is 5.65. The molecule has 0 fully saturated rings. The summed E-state index contributed by atoms with van der Waals surface area (Å²) in [5.41, 5.74) is 1.28. The van der Waals surface area contributed by atoms with E-state index in [0.717, 1.165) is 28.5 Å². The lowest BCUT2D eigenvalue weighted by Gasteiger charge is -2.24. The third-order valence-electron chi connectivity index (χ3n) is 5.65. The van der Waals surface area contributed by atoms with Gasteiger partial charge in [0, 0.05) is 18.3 Å². The zero-order valence-corrected chi connectivity index (χ0v) is 18.7. The highest BCUT2D eigenvalue weighted by molar-refractivity contribution is 5.79. The number of pyridine rings is 1. The SMILES string of the molecule is Cc1c(C=Cc2cc(CNC(C)(CO)C(=O)O)ccc2C(F)(F)F)cccc1-c1ccccn1. The summed E-state index contributed by atoms with van der Waals surface area (Å²) >= 11 is 0. The Balaban J connectivity index is 1.95. The van der Waals surface area contributed by atoms with Gasteiger partial charge in [-0.15, -0.1) is 0 Å². The number of carboxylic acids is 1. The Morgan fingerprint density at radius 3 is 2.41 bits per heavy atom. The molecule has 5 nitrogen and oxygen atoms in total. The number of nitrogens with zero attached hydrogens (tertiary/aromatic N) is 1. The van der Waals surface area contributed by atoms with E-state index in [0.29, 0.717) is 5.56 Å². The van der Waals surface area contributed by atoms with Crippen LogP contribution in [0.4, 0.5) is 13.2 Å². The summed E-state index contributed by atoms with van der Waals surface area (Å²) in [5, 5.41) is 21.3. The first-order chi connectivity index (χ1) is 16.0. The first-order valence-corrected chi connectivity index (χ1v) is 10.5. The number of carbonyl (C=O) groups is 1. The van der Waals surface area contributed by atoms with Crippen molar-refractivity contribution in [2.75, 3.05) is 6.61 Å². The summed E-state index contributed by atoms with van der Waals surface area (Å²) in [6, 6.07) is 14.7. The van der Waals surface area contributed by atoms with Crippen molar-refractivity contribution < 1.29 is 28.2 Å². The Bertz CT molecular complexity index is 1190. The molecule has 0 amide bonds. The van der Waals surface area contributed by atoms with Crippen LogP contribution in [-0.2, 0) is 17.5 Å². The predicted molar refractivity (Wildman–Crippen MR) is 125 cm³/mol. The number of aliphatic hydroxyl groups is 1. The molecule has 3 rings (SSSR count). The molecule has 0 saturated carbocycles. The summed E-state index contributed by atoms with van der Waals surface area (Å²) in [6.45, 7) is 2.49. The second kappa shape index (κ2) is 10.2. The maximum Gasteiger partial charge on any atom is 0.416 e. The molecule has 0 saturated heterocycles. The van der Waals surface area contributed by atoms with E-state index in [-0.39, 0.29) is 12.1 Å². The minimum atomic E-state index is -4.56. The van der Waals surface area contributed by atoms with Crippen molar-refractivity contribution in [2.24, 2.45) is 0 Å². The molecule has 1 aromatic heterocycles. The van der Waals surface area contributed by atoms with E-state index < -0.39 is 29.9 Å². The summed E-state index contributed by atoms with van der Waals surface area (Å²) < 4.78 is 40.9. The van der Waals surface area contributed by atoms with Crippen molar-refractivity contribution in [3.63, 3.8) is 0 Å². The van der Waals surface area contributed by atoms with Crippen molar-refractivity contribution in [1.29, 1.82) is 0 Å². The van der Waals surface area contributed by atoms with Crippen molar-refractivity contribution in [3.05, 3.63) is 88.6 Å². The van der Waals surface area contributed by atoms with Gasteiger partial charge in [0.15, 0.2) is 0 Å². The Hall–Kier alpha value is -3.49. The molecule has 1 atom stereocenters. The molecule has 34 heavy (non-hydrogen) atoms. The monoisotopic (exact) mass is 470 g/mol. The average Bonchev–Trinajstić information content (AvgIpc) is 2.81. The molecule has 178 valence electrons. The second-order valence-electron chi connectivity index (χ2n) is 8.14. The molecule has 3 aromatic rings. The maximum atomic E-state index is 13.6. The fourth-order valence-corrected chi connectivity index (χ4v) is 3.43. The van der Waals surface area contributed by atoms with Gasteiger partial charge in [-0.2, -0.15) is 13.2 Å². The summed E-state index contributed by atoms with van der Waals surface area (Å²) in [5.74, 6) is -1.26. The number of aromatic nitrogens is 1. The number of hydrogen-bond donors (Lipinski definition) is 3. The van der Waals surface area contributed by atoms with Crippen LogP contribution >= 0.6 is 0 Å². The van der Waals surface area contributed by atoms with E-state index in [9.17, 15) is 28.2 Å². The van der Waals surface area contributed by atoms with Crippen LogP contribution in [0.15, 0.2) is 60.8 Å². The van der Waals surface area contributed by atoms with Gasteiger partial charge in [-0.05, 0) is 60.4 Å². The van der Waals surface area contributed by atoms with Gasteiger partial charge in [-0.3, -0.25) is 15.1 Å². The molecule has 0 bridgehead atoms. The second-order valence-corrected chi connectivity index (χ2v) is 8.14. The highest BCUT2D eigenvalue weighted by atomic mass is 19.4. The van der Waals surface area contributed by atoms with Gasteiger partial charge < -0.3 is 10.2 Å². The average molecular weight is 470 g/mol. The van der Waals surface area contributed by atoms with Gasteiger partial charge in [0.25, 0.3) is 0 Å². The third kappa shape index (κ3) is 5.70. The number of carboxylic acid groups (broad SMARTS) is 1. The minimum absolute atomic E-state index is 0.0312. The molecule has 0 radical (unpaired) electrons. The lowest BCUT2D eigenvalue weighted by molar-refractivity contribution is -0.146. The van der Waals surface area contributed by atoms with Gasteiger partial charge in [0.2, 0.25) is 0 Å². The van der Waals surface area contributed by atoms with E-state index in [1.807, 2.05) is 43.3 Å². The number of alkyl halides is 3. The highest BCUT2D eigenvalue weighted by Crippen LogP contribution is 2.34. The molecular formula is C26H25F3N2O3. The fraction of sp³-hybridized carbons (Fsp3) is 0.231. The maximum absolute atomic E-state index is 13.6. The zero-order valence-electron chi connectivity index (χ0n) is 18.7. The molecule has 1 unspecified atom stereocenters. The van der Waals surface area contributed by atoms with Crippen LogP contribution in [0.5, 0.6) is 0 Å². The molecule has 3 N–H and O–H groups in total. The molecule has 8 heteroatoms. The molecular weight excluding hydrogens is 445 g/mol. The lowest BCUT2D eigenvalue weighted by atomic mass is 9.97. The molecule has 2 aromatic carbocycles. The molecule has 1 heterocycles. The number of benzene rings is 2. The number of aliphatic hydroxyl groups excluding tert-OH is 1.